The molecular weight excluding hydrogens is 254 g/mol. The van der Waals surface area contributed by atoms with Crippen molar-refractivity contribution in [3.63, 3.8) is 0 Å². The third-order valence-corrected chi connectivity index (χ3v) is 3.15. The predicted molar refractivity (Wildman–Crippen MR) is 78.9 cm³/mol. The van der Waals surface area contributed by atoms with Crippen LogP contribution in [0, 0.1) is 0 Å². The van der Waals surface area contributed by atoms with Crippen LogP contribution in [-0.2, 0) is 9.53 Å². The molecule has 0 radical (unpaired) electrons. The second-order valence-corrected chi connectivity index (χ2v) is 4.93. The molecule has 0 aliphatic carbocycles. The van der Waals surface area contributed by atoms with Crippen LogP contribution < -0.4 is 4.74 Å². The van der Waals surface area contributed by atoms with Crippen molar-refractivity contribution in [2.75, 3.05) is 7.11 Å². The van der Waals surface area contributed by atoms with E-state index in [1.807, 2.05) is 25.1 Å². The van der Waals surface area contributed by atoms with Crippen LogP contribution in [0.4, 0.5) is 0 Å². The molecule has 1 aliphatic rings. The molecule has 0 N–H and O–H groups in total. The molecule has 1 heterocycles. The standard InChI is InChI=1S/C16H19NO3/c1-5-15-17-13(16(18)20-15)9-11-6-7-14(19-4)12(8-11)10(2)3/h6-10H,5H2,1-4H3/b13-9+. The Balaban J connectivity index is 2.37. The highest BCUT2D eigenvalue weighted by molar-refractivity contribution is 6.07. The molecule has 0 aromatic heterocycles. The highest BCUT2D eigenvalue weighted by Gasteiger charge is 2.21. The van der Waals surface area contributed by atoms with Gasteiger partial charge >= 0.3 is 5.97 Å². The van der Waals surface area contributed by atoms with E-state index in [1.54, 1.807) is 13.2 Å². The van der Waals surface area contributed by atoms with Gasteiger partial charge in [-0.2, -0.15) is 0 Å². The Morgan fingerprint density at radius 1 is 1.40 bits per heavy atom. The molecule has 0 saturated heterocycles. The van der Waals surface area contributed by atoms with Crippen LogP contribution in [-0.4, -0.2) is 19.0 Å². The Hall–Kier alpha value is -2.10. The first-order chi connectivity index (χ1) is 9.55. The van der Waals surface area contributed by atoms with Gasteiger partial charge < -0.3 is 9.47 Å². The van der Waals surface area contributed by atoms with Gasteiger partial charge in [-0.1, -0.05) is 26.8 Å². The van der Waals surface area contributed by atoms with Crippen LogP contribution in [0.15, 0.2) is 28.9 Å². The molecule has 4 nitrogen and oxygen atoms in total. The van der Waals surface area contributed by atoms with Crippen molar-refractivity contribution in [2.24, 2.45) is 4.99 Å². The Bertz CT molecular complexity index is 585. The SMILES string of the molecule is CCC1=N/C(=C/c2ccc(OC)c(C(C)C)c2)C(=O)O1. The van der Waals surface area contributed by atoms with Gasteiger partial charge in [0, 0.05) is 6.42 Å². The first-order valence-corrected chi connectivity index (χ1v) is 6.74. The zero-order valence-corrected chi connectivity index (χ0v) is 12.3. The number of rotatable bonds is 4. The zero-order valence-electron chi connectivity index (χ0n) is 12.3. The van der Waals surface area contributed by atoms with E-state index in [0.29, 0.717) is 23.9 Å². The lowest BCUT2D eigenvalue weighted by molar-refractivity contribution is -0.130. The molecular formula is C16H19NO3. The monoisotopic (exact) mass is 273 g/mol. The molecule has 0 atom stereocenters. The molecule has 1 aromatic rings. The number of carbonyl (C=O) groups is 1. The number of esters is 1. The summed E-state index contributed by atoms with van der Waals surface area (Å²) in [5.74, 6) is 1.28. The van der Waals surface area contributed by atoms with E-state index < -0.39 is 0 Å². The fourth-order valence-corrected chi connectivity index (χ4v) is 2.06. The van der Waals surface area contributed by atoms with Gasteiger partial charge in [0.2, 0.25) is 0 Å². The van der Waals surface area contributed by atoms with Gasteiger partial charge in [-0.25, -0.2) is 9.79 Å². The smallest absolute Gasteiger partial charge is 0.363 e. The van der Waals surface area contributed by atoms with E-state index in [2.05, 4.69) is 18.8 Å². The average molecular weight is 273 g/mol. The first-order valence-electron chi connectivity index (χ1n) is 6.74. The second kappa shape index (κ2) is 5.90. The summed E-state index contributed by atoms with van der Waals surface area (Å²) in [6, 6.07) is 5.83. The van der Waals surface area contributed by atoms with Gasteiger partial charge in [0.05, 0.1) is 7.11 Å². The highest BCUT2D eigenvalue weighted by Crippen LogP contribution is 2.28. The van der Waals surface area contributed by atoms with Gasteiger partial charge in [-0.05, 0) is 35.3 Å². The van der Waals surface area contributed by atoms with Crippen molar-refractivity contribution < 1.29 is 14.3 Å². The number of carbonyl (C=O) groups excluding carboxylic acids is 1. The van der Waals surface area contributed by atoms with Gasteiger partial charge in [-0.15, -0.1) is 0 Å². The number of aliphatic imine (C=N–C) groups is 1. The van der Waals surface area contributed by atoms with Gasteiger partial charge in [-0.3, -0.25) is 0 Å². The average Bonchev–Trinajstić information content (AvgIpc) is 2.79. The van der Waals surface area contributed by atoms with Crippen LogP contribution in [0.25, 0.3) is 6.08 Å². The summed E-state index contributed by atoms with van der Waals surface area (Å²) in [5.41, 5.74) is 2.37. The Kier molecular flexibility index (Phi) is 4.23. The van der Waals surface area contributed by atoms with Gasteiger partial charge in [0.15, 0.2) is 11.6 Å². The summed E-state index contributed by atoms with van der Waals surface area (Å²) in [5, 5.41) is 0. The number of methoxy groups -OCH3 is 1. The molecule has 1 aliphatic heterocycles. The summed E-state index contributed by atoms with van der Waals surface area (Å²) >= 11 is 0. The summed E-state index contributed by atoms with van der Waals surface area (Å²) in [4.78, 5) is 15.8. The molecule has 0 saturated carbocycles. The summed E-state index contributed by atoms with van der Waals surface area (Å²) in [6.45, 7) is 6.11. The normalized spacial score (nSPS) is 16.6. The fraction of sp³-hybridized carbons (Fsp3) is 0.375. The van der Waals surface area contributed by atoms with E-state index >= 15 is 0 Å². The maximum Gasteiger partial charge on any atom is 0.363 e. The number of benzene rings is 1. The third-order valence-electron chi connectivity index (χ3n) is 3.15. The molecule has 0 unspecified atom stereocenters. The van der Waals surface area contributed by atoms with Crippen LogP contribution >= 0.6 is 0 Å². The van der Waals surface area contributed by atoms with Crippen molar-refractivity contribution in [2.45, 2.75) is 33.1 Å². The molecule has 1 aromatic carbocycles. The quantitative estimate of drug-likeness (QED) is 0.623. The first kappa shape index (κ1) is 14.3. The molecule has 4 heteroatoms. The lowest BCUT2D eigenvalue weighted by Gasteiger charge is -2.12. The number of ether oxygens (including phenoxy) is 2. The fourth-order valence-electron chi connectivity index (χ4n) is 2.06. The van der Waals surface area contributed by atoms with E-state index in [9.17, 15) is 4.79 Å². The minimum atomic E-state index is -0.385. The lowest BCUT2D eigenvalue weighted by Crippen LogP contribution is -2.02. The molecule has 0 fully saturated rings. The lowest BCUT2D eigenvalue weighted by atomic mass is 9.99. The Morgan fingerprint density at radius 3 is 2.70 bits per heavy atom. The van der Waals surface area contributed by atoms with Crippen molar-refractivity contribution in [3.05, 3.63) is 35.0 Å². The number of hydrogen-bond donors (Lipinski definition) is 0. The Labute approximate surface area is 119 Å². The predicted octanol–water partition coefficient (Wildman–Crippen LogP) is 3.52. The van der Waals surface area contributed by atoms with Gasteiger partial charge in [0.1, 0.15) is 5.75 Å². The molecule has 106 valence electrons. The van der Waals surface area contributed by atoms with Crippen molar-refractivity contribution in [3.8, 4) is 5.75 Å². The van der Waals surface area contributed by atoms with Crippen LogP contribution in [0.1, 0.15) is 44.2 Å². The summed E-state index contributed by atoms with van der Waals surface area (Å²) in [7, 11) is 1.66. The third kappa shape index (κ3) is 2.90. The molecule has 0 spiro atoms. The highest BCUT2D eigenvalue weighted by atomic mass is 16.6. The largest absolute Gasteiger partial charge is 0.496 e. The Morgan fingerprint density at radius 2 is 2.15 bits per heavy atom. The van der Waals surface area contributed by atoms with E-state index in [1.165, 1.54) is 0 Å². The molecule has 2 rings (SSSR count). The minimum absolute atomic E-state index is 0.341. The molecule has 0 bridgehead atoms. The molecule has 0 amide bonds. The van der Waals surface area contributed by atoms with Crippen LogP contribution in [0.5, 0.6) is 5.75 Å². The zero-order chi connectivity index (χ0) is 14.7. The molecule has 20 heavy (non-hydrogen) atoms. The maximum absolute atomic E-state index is 11.7. The second-order valence-electron chi connectivity index (χ2n) is 4.93. The maximum atomic E-state index is 11.7. The van der Waals surface area contributed by atoms with E-state index in [4.69, 9.17) is 9.47 Å². The van der Waals surface area contributed by atoms with Crippen molar-refractivity contribution >= 4 is 17.9 Å². The van der Waals surface area contributed by atoms with E-state index in [0.717, 1.165) is 16.9 Å². The van der Waals surface area contributed by atoms with Crippen LogP contribution in [0.3, 0.4) is 0 Å². The summed E-state index contributed by atoms with van der Waals surface area (Å²) in [6.07, 6.45) is 2.36. The van der Waals surface area contributed by atoms with Gasteiger partial charge in [0.25, 0.3) is 0 Å². The van der Waals surface area contributed by atoms with Crippen molar-refractivity contribution in [1.29, 1.82) is 0 Å². The summed E-state index contributed by atoms with van der Waals surface area (Å²) < 4.78 is 10.4. The number of cyclic esters (lactones) is 1. The van der Waals surface area contributed by atoms with Crippen molar-refractivity contribution in [1.82, 2.24) is 0 Å². The number of hydrogen-bond acceptors (Lipinski definition) is 4. The number of nitrogens with zero attached hydrogens (tertiary/aromatic N) is 1. The van der Waals surface area contributed by atoms with Crippen LogP contribution in [0.2, 0.25) is 0 Å². The topological polar surface area (TPSA) is 47.9 Å². The minimum Gasteiger partial charge on any atom is -0.496 e. The van der Waals surface area contributed by atoms with E-state index in [-0.39, 0.29) is 5.97 Å².